The average molecular weight is 483 g/mol. The quantitative estimate of drug-likeness (QED) is 0.329. The summed E-state index contributed by atoms with van der Waals surface area (Å²) in [6.07, 6.45) is 2.43. The molecule has 0 bridgehead atoms. The molecule has 0 atom stereocenters. The number of hydrogen-bond acceptors (Lipinski definition) is 3. The van der Waals surface area contributed by atoms with Crippen LogP contribution in [0.1, 0.15) is 31.2 Å². The van der Waals surface area contributed by atoms with E-state index in [0.29, 0.717) is 40.3 Å². The molecule has 2 heterocycles. The van der Waals surface area contributed by atoms with Gasteiger partial charge in [-0.05, 0) is 67.6 Å². The predicted molar refractivity (Wildman–Crippen MR) is 139 cm³/mol. The molecule has 5 aromatic rings. The van der Waals surface area contributed by atoms with E-state index in [4.69, 9.17) is 16.6 Å². The Bertz CT molecular complexity index is 1660. The smallest absolute Gasteiger partial charge is 0.286 e. The lowest BCUT2D eigenvalue weighted by atomic mass is 10.1. The monoisotopic (exact) mass is 482 g/mol. The zero-order valence-corrected chi connectivity index (χ0v) is 19.9. The highest BCUT2D eigenvalue weighted by Gasteiger charge is 2.25. The summed E-state index contributed by atoms with van der Waals surface area (Å²) in [5.74, 6) is 1.10. The van der Waals surface area contributed by atoms with E-state index in [1.54, 1.807) is 28.8 Å². The van der Waals surface area contributed by atoms with Crippen molar-refractivity contribution >= 4 is 22.8 Å². The summed E-state index contributed by atoms with van der Waals surface area (Å²) in [4.78, 5) is 32.5. The van der Waals surface area contributed by atoms with E-state index in [2.05, 4.69) is 12.1 Å². The van der Waals surface area contributed by atoms with E-state index < -0.39 is 0 Å². The van der Waals surface area contributed by atoms with Gasteiger partial charge < -0.3 is 0 Å². The van der Waals surface area contributed by atoms with Crippen LogP contribution in [0.25, 0.3) is 33.9 Å². The molecule has 1 aliphatic rings. The summed E-state index contributed by atoms with van der Waals surface area (Å²) in [6.45, 7) is 2.20. The summed E-state index contributed by atoms with van der Waals surface area (Å²) >= 11 is 6.13. The highest BCUT2D eigenvalue weighted by atomic mass is 35.5. The fourth-order valence-electron chi connectivity index (χ4n) is 4.65. The average Bonchev–Trinajstić information content (AvgIpc) is 3.69. The summed E-state index contributed by atoms with van der Waals surface area (Å²) in [6, 6.07) is 24.6. The largest absolute Gasteiger partial charge is 0.335 e. The van der Waals surface area contributed by atoms with Gasteiger partial charge in [-0.3, -0.25) is 13.9 Å². The van der Waals surface area contributed by atoms with Gasteiger partial charge in [-0.2, -0.15) is 0 Å². The van der Waals surface area contributed by atoms with E-state index >= 15 is 0 Å². The van der Waals surface area contributed by atoms with E-state index in [1.165, 1.54) is 27.5 Å². The number of para-hydroxylation sites is 1. The van der Waals surface area contributed by atoms with Crippen LogP contribution in [0.2, 0.25) is 5.02 Å². The van der Waals surface area contributed by atoms with E-state index in [1.807, 2.05) is 49.4 Å². The molecule has 1 fully saturated rings. The highest BCUT2D eigenvalue weighted by Crippen LogP contribution is 2.40. The van der Waals surface area contributed by atoms with Gasteiger partial charge in [0.05, 0.1) is 11.4 Å². The van der Waals surface area contributed by atoms with Crippen molar-refractivity contribution in [2.45, 2.75) is 32.2 Å². The van der Waals surface area contributed by atoms with Crippen LogP contribution >= 0.6 is 11.6 Å². The Morgan fingerprint density at radius 3 is 2.14 bits per heavy atom. The van der Waals surface area contributed by atoms with Crippen LogP contribution in [0.4, 0.5) is 0 Å². The van der Waals surface area contributed by atoms with Crippen LogP contribution in [-0.2, 0) is 6.54 Å². The van der Waals surface area contributed by atoms with E-state index in [-0.39, 0.29) is 16.8 Å². The van der Waals surface area contributed by atoms with Gasteiger partial charge in [0.15, 0.2) is 11.2 Å². The number of benzene rings is 3. The van der Waals surface area contributed by atoms with Crippen molar-refractivity contribution in [3.63, 3.8) is 0 Å². The second-order valence-corrected chi connectivity index (χ2v) is 9.26. The van der Waals surface area contributed by atoms with Gasteiger partial charge in [0, 0.05) is 17.1 Å². The van der Waals surface area contributed by atoms with Crippen LogP contribution in [0.3, 0.4) is 0 Å². The standard InChI is InChI=1S/C28H23ClN4O2/c1-2-31-24-26(33(28(31)35)22-6-4-3-5-7-22)30-25(20-12-10-19(11-13-20)18-8-9-18)32(27(24)34)23-16-14-21(29)15-17-23/h3-7,10-18H,2,8-9H2,1H3. The van der Waals surface area contributed by atoms with Crippen molar-refractivity contribution in [2.24, 2.45) is 0 Å². The first-order chi connectivity index (χ1) is 17.1. The molecule has 7 heteroatoms. The summed E-state index contributed by atoms with van der Waals surface area (Å²) in [7, 11) is 0. The topological polar surface area (TPSA) is 61.8 Å². The first-order valence-corrected chi connectivity index (χ1v) is 12.1. The maximum Gasteiger partial charge on any atom is 0.335 e. The Morgan fingerprint density at radius 2 is 1.51 bits per heavy atom. The third-order valence-corrected chi connectivity index (χ3v) is 6.83. The third kappa shape index (κ3) is 3.61. The zero-order chi connectivity index (χ0) is 24.1. The maximum absolute atomic E-state index is 14.1. The number of aryl methyl sites for hydroxylation is 1. The number of hydrogen-bond donors (Lipinski definition) is 0. The molecule has 0 spiro atoms. The van der Waals surface area contributed by atoms with Crippen molar-refractivity contribution in [1.29, 1.82) is 0 Å². The Kier molecular flexibility index (Phi) is 5.19. The van der Waals surface area contributed by atoms with Gasteiger partial charge in [0.2, 0.25) is 0 Å². The third-order valence-electron chi connectivity index (χ3n) is 6.58. The van der Waals surface area contributed by atoms with Crippen LogP contribution in [-0.4, -0.2) is 18.7 Å². The Balaban J connectivity index is 1.71. The number of imidazole rings is 1. The summed E-state index contributed by atoms with van der Waals surface area (Å²) in [5, 5.41) is 0.576. The van der Waals surface area contributed by atoms with Crippen LogP contribution in [0, 0.1) is 0 Å². The minimum atomic E-state index is -0.299. The minimum absolute atomic E-state index is 0.273. The van der Waals surface area contributed by atoms with Crippen molar-refractivity contribution in [1.82, 2.24) is 18.7 Å². The SMILES string of the molecule is CCn1c(=O)n(-c2ccccc2)c2nc(-c3ccc(C4CC4)cc3)n(-c3ccc(Cl)cc3)c(=O)c21. The maximum atomic E-state index is 14.1. The molecule has 0 radical (unpaired) electrons. The van der Waals surface area contributed by atoms with Gasteiger partial charge in [-0.25, -0.2) is 14.3 Å². The predicted octanol–water partition coefficient (Wildman–Crippen LogP) is 5.56. The molecule has 0 saturated heterocycles. The molecule has 3 aromatic carbocycles. The summed E-state index contributed by atoms with van der Waals surface area (Å²) < 4.78 is 4.59. The molecule has 0 N–H and O–H groups in total. The minimum Gasteiger partial charge on any atom is -0.286 e. The lowest BCUT2D eigenvalue weighted by Gasteiger charge is -2.14. The van der Waals surface area contributed by atoms with Crippen LogP contribution in [0.5, 0.6) is 0 Å². The Labute approximate surface area is 206 Å². The Hall–Kier alpha value is -3.90. The molecule has 174 valence electrons. The second kappa shape index (κ2) is 8.40. The van der Waals surface area contributed by atoms with Gasteiger partial charge >= 0.3 is 5.69 Å². The fraction of sp³-hybridized carbons (Fsp3) is 0.179. The number of aromatic nitrogens is 4. The van der Waals surface area contributed by atoms with Crippen molar-refractivity contribution in [3.05, 3.63) is 110 Å². The van der Waals surface area contributed by atoms with Gasteiger partial charge in [0.25, 0.3) is 5.56 Å². The molecule has 0 amide bonds. The fourth-order valence-corrected chi connectivity index (χ4v) is 4.77. The lowest BCUT2D eigenvalue weighted by molar-refractivity contribution is 0.730. The van der Waals surface area contributed by atoms with Gasteiger partial charge in [0.1, 0.15) is 5.82 Å². The Morgan fingerprint density at radius 1 is 0.857 bits per heavy atom. The highest BCUT2D eigenvalue weighted by molar-refractivity contribution is 6.30. The first kappa shape index (κ1) is 21.6. The lowest BCUT2D eigenvalue weighted by Crippen LogP contribution is -2.26. The summed E-state index contributed by atoms with van der Waals surface area (Å²) in [5.41, 5.74) is 3.44. The van der Waals surface area contributed by atoms with Crippen molar-refractivity contribution in [3.8, 4) is 22.8 Å². The van der Waals surface area contributed by atoms with Crippen LogP contribution in [0.15, 0.2) is 88.5 Å². The normalized spacial score (nSPS) is 13.4. The van der Waals surface area contributed by atoms with Gasteiger partial charge in [-0.15, -0.1) is 0 Å². The van der Waals surface area contributed by atoms with Crippen LogP contribution < -0.4 is 11.2 Å². The van der Waals surface area contributed by atoms with Gasteiger partial charge in [-0.1, -0.05) is 54.1 Å². The molecule has 2 aromatic heterocycles. The molecule has 6 nitrogen and oxygen atoms in total. The molecule has 0 unspecified atom stereocenters. The number of fused-ring (bicyclic) bond motifs is 1. The van der Waals surface area contributed by atoms with E-state index in [9.17, 15) is 9.59 Å². The molecular formula is C28H23ClN4O2. The van der Waals surface area contributed by atoms with Crippen molar-refractivity contribution < 1.29 is 0 Å². The zero-order valence-electron chi connectivity index (χ0n) is 19.2. The number of rotatable bonds is 5. The van der Waals surface area contributed by atoms with Crippen molar-refractivity contribution in [2.75, 3.05) is 0 Å². The molecular weight excluding hydrogens is 460 g/mol. The molecule has 1 saturated carbocycles. The van der Waals surface area contributed by atoms with E-state index in [0.717, 1.165) is 5.56 Å². The number of nitrogens with zero attached hydrogens (tertiary/aromatic N) is 4. The second-order valence-electron chi connectivity index (χ2n) is 8.82. The number of halogens is 1. The molecule has 6 rings (SSSR count). The molecule has 35 heavy (non-hydrogen) atoms. The first-order valence-electron chi connectivity index (χ1n) is 11.8. The molecule has 0 aliphatic heterocycles. The molecule has 1 aliphatic carbocycles.